The Morgan fingerprint density at radius 2 is 1.04 bits per heavy atom. The van der Waals surface area contributed by atoms with E-state index in [1.807, 2.05) is 0 Å². The molecular weight excluding hydrogens is 533 g/mol. The monoisotopic (exact) mass is 537 g/mol. The first-order valence-electron chi connectivity index (χ1n) is 5.73. The van der Waals surface area contributed by atoms with Gasteiger partial charge in [0.2, 0.25) is 0 Å². The highest BCUT2D eigenvalue weighted by atomic mass is 35.9. The van der Waals surface area contributed by atoms with Gasteiger partial charge in [0.15, 0.2) is 0 Å². The largest absolute Gasteiger partial charge is 0.345 e. The molecule has 0 atom stereocenters. The second-order valence-electron chi connectivity index (χ2n) is 4.34. The second kappa shape index (κ2) is 8.52. The molecule has 1 aliphatic heterocycles. The van der Waals surface area contributed by atoms with Crippen molar-refractivity contribution in [1.29, 1.82) is 0 Å². The fourth-order valence-corrected chi connectivity index (χ4v) is 15.1. The fraction of sp³-hybridized carbons (Fsp3) is 1.00. The summed E-state index contributed by atoms with van der Waals surface area (Å²) in [5.74, 6) is -17.5. The molecule has 0 aromatic carbocycles. The lowest BCUT2D eigenvalue weighted by Crippen LogP contribution is -2.33. The van der Waals surface area contributed by atoms with Gasteiger partial charge in [0.1, 0.15) is 13.2 Å². The first-order valence-corrected chi connectivity index (χ1v) is 14.3. The van der Waals surface area contributed by atoms with Crippen LogP contribution in [0.5, 0.6) is 0 Å². The van der Waals surface area contributed by atoms with Crippen LogP contribution in [-0.2, 0) is 9.05 Å². The molecule has 0 amide bonds. The van der Waals surface area contributed by atoms with E-state index >= 15 is 0 Å². The van der Waals surface area contributed by atoms with Crippen LogP contribution in [0.15, 0.2) is 13.5 Å². The van der Waals surface area contributed by atoms with Crippen LogP contribution >= 0.6 is 64.4 Å². The Kier molecular flexibility index (Phi) is 8.28. The van der Waals surface area contributed by atoms with Gasteiger partial charge in [-0.2, -0.15) is 31.1 Å². The predicted molar refractivity (Wildman–Crippen MR) is 85.3 cm³/mol. The number of rotatable bonds is 8. The lowest BCUT2D eigenvalue weighted by molar-refractivity contribution is -0.156. The first-order chi connectivity index (χ1) is 11.4. The maximum atomic E-state index is 13.1. The summed E-state index contributed by atoms with van der Waals surface area (Å²) < 4.78 is 120. The van der Waals surface area contributed by atoms with E-state index in [1.165, 1.54) is 0 Å². The Labute approximate surface area is 160 Å². The fourth-order valence-electron chi connectivity index (χ4n) is 1.06. The molecule has 26 heavy (non-hydrogen) atoms. The van der Waals surface area contributed by atoms with E-state index in [9.17, 15) is 35.1 Å². The zero-order valence-corrected chi connectivity index (χ0v) is 17.3. The number of alkyl halides is 8. The summed E-state index contributed by atoms with van der Waals surface area (Å²) in [6.07, 6.45) is -8.45. The van der Waals surface area contributed by atoms with Crippen LogP contribution in [0.3, 0.4) is 0 Å². The Morgan fingerprint density at radius 1 is 0.692 bits per heavy atom. The van der Waals surface area contributed by atoms with Gasteiger partial charge in [0, 0.05) is 0 Å². The standard InChI is InChI=1S/C6H6Cl4F8N3O2P3/c7-24(8)19-25(9,10)21-26(20-24,22-1-5(15,16)3(11)12)23-2-6(17,18)4(13)14/h3-4H,1-2H2. The highest BCUT2D eigenvalue weighted by Crippen LogP contribution is 2.85. The van der Waals surface area contributed by atoms with Crippen molar-refractivity contribution in [2.75, 3.05) is 13.2 Å². The Morgan fingerprint density at radius 3 is 1.35 bits per heavy atom. The summed E-state index contributed by atoms with van der Waals surface area (Å²) in [4.78, 5) is 0. The number of hydrogen-bond donors (Lipinski definition) is 0. The van der Waals surface area contributed by atoms with Gasteiger partial charge in [-0.15, -0.1) is 0 Å². The summed E-state index contributed by atoms with van der Waals surface area (Å²) in [6, 6.07) is 0. The van der Waals surface area contributed by atoms with Gasteiger partial charge < -0.3 is 0 Å². The number of hydrogen-bond acceptors (Lipinski definition) is 5. The average molecular weight is 539 g/mol. The summed E-state index contributed by atoms with van der Waals surface area (Å²) in [5, 5.41) is 0. The van der Waals surface area contributed by atoms with Crippen molar-refractivity contribution in [3.8, 4) is 0 Å². The topological polar surface area (TPSA) is 55.5 Å². The molecule has 0 aromatic heterocycles. The van der Waals surface area contributed by atoms with Gasteiger partial charge >= 0.3 is 32.4 Å². The highest BCUT2D eigenvalue weighted by molar-refractivity contribution is 8.20. The van der Waals surface area contributed by atoms with E-state index in [4.69, 9.17) is 45.0 Å². The zero-order valence-electron chi connectivity index (χ0n) is 11.6. The van der Waals surface area contributed by atoms with E-state index in [0.29, 0.717) is 0 Å². The van der Waals surface area contributed by atoms with Gasteiger partial charge in [0.25, 0.3) is 11.8 Å². The van der Waals surface area contributed by atoms with Gasteiger partial charge in [-0.25, -0.2) is 17.6 Å². The normalized spacial score (nSPS) is 21.9. The summed E-state index contributed by atoms with van der Waals surface area (Å²) in [5.41, 5.74) is 0. The van der Waals surface area contributed by atoms with Crippen LogP contribution in [0, 0.1) is 0 Å². The Hall–Kier alpha value is 1.21. The van der Waals surface area contributed by atoms with Crippen LogP contribution < -0.4 is 0 Å². The molecular formula is C6H6Cl4F8N3O2P3. The molecule has 1 heterocycles. The van der Waals surface area contributed by atoms with Crippen molar-refractivity contribution in [3.63, 3.8) is 0 Å². The Bertz CT molecular complexity index is 659. The van der Waals surface area contributed by atoms with Crippen molar-refractivity contribution < 1.29 is 44.2 Å². The maximum Gasteiger partial charge on any atom is 0.345 e. The van der Waals surface area contributed by atoms with E-state index in [2.05, 4.69) is 22.6 Å². The molecule has 0 aromatic rings. The molecule has 0 unspecified atom stereocenters. The molecule has 20 heteroatoms. The minimum atomic E-state index is -4.81. The molecule has 0 saturated carbocycles. The van der Waals surface area contributed by atoms with Crippen LogP contribution in [0.25, 0.3) is 0 Å². The van der Waals surface area contributed by atoms with Gasteiger partial charge in [-0.1, -0.05) is 0 Å². The molecule has 0 radical (unpaired) electrons. The molecule has 0 saturated heterocycles. The van der Waals surface area contributed by atoms with E-state index < -0.39 is 57.4 Å². The molecule has 0 spiro atoms. The quantitative estimate of drug-likeness (QED) is 0.229. The molecule has 156 valence electrons. The lowest BCUT2D eigenvalue weighted by Gasteiger charge is -2.28. The number of nitrogens with zero attached hydrogens (tertiary/aromatic N) is 3. The molecule has 0 aliphatic carbocycles. The maximum absolute atomic E-state index is 13.1. The van der Waals surface area contributed by atoms with Crippen molar-refractivity contribution in [3.05, 3.63) is 0 Å². The van der Waals surface area contributed by atoms with Crippen molar-refractivity contribution >= 4 is 64.4 Å². The first kappa shape index (κ1) is 25.2. The lowest BCUT2D eigenvalue weighted by atomic mass is 10.4. The van der Waals surface area contributed by atoms with E-state index in [0.717, 1.165) is 0 Å². The van der Waals surface area contributed by atoms with Crippen LogP contribution in [0.4, 0.5) is 35.1 Å². The van der Waals surface area contributed by atoms with Gasteiger partial charge in [-0.3, -0.25) is 9.05 Å². The third kappa shape index (κ3) is 7.23. The minimum absolute atomic E-state index is 2.15. The molecule has 1 aliphatic rings. The van der Waals surface area contributed by atoms with Crippen LogP contribution in [-0.4, -0.2) is 37.9 Å². The molecule has 1 rings (SSSR count). The smallest absolute Gasteiger partial charge is 0.300 e. The second-order valence-corrected chi connectivity index (χ2v) is 16.5. The predicted octanol–water partition coefficient (Wildman–Crippen LogP) is 8.63. The van der Waals surface area contributed by atoms with Crippen LogP contribution in [0.2, 0.25) is 0 Å². The SMILES string of the molecule is FC(F)C(F)(F)COP1(OCC(F)(F)C(F)F)=NP(Cl)(Cl)=NP(Cl)(Cl)=N1. The molecule has 0 N–H and O–H groups in total. The molecule has 0 fully saturated rings. The average Bonchev–Trinajstić information content (AvgIpc) is 2.40. The van der Waals surface area contributed by atoms with Crippen molar-refractivity contribution in [1.82, 2.24) is 0 Å². The number of halogens is 12. The minimum Gasteiger partial charge on any atom is -0.300 e. The molecule has 5 nitrogen and oxygen atoms in total. The highest BCUT2D eigenvalue weighted by Gasteiger charge is 2.48. The van der Waals surface area contributed by atoms with E-state index in [1.54, 1.807) is 0 Å². The zero-order chi connectivity index (χ0) is 20.6. The third-order valence-electron chi connectivity index (χ3n) is 2.15. The van der Waals surface area contributed by atoms with Gasteiger partial charge in [0.05, 0.1) is 0 Å². The molecule has 0 bridgehead atoms. The summed E-state index contributed by atoms with van der Waals surface area (Å²) in [6.45, 7) is -4.29. The Balaban J connectivity index is 3.30. The third-order valence-corrected chi connectivity index (χ3v) is 13.2. The van der Waals surface area contributed by atoms with Crippen molar-refractivity contribution in [2.24, 2.45) is 13.5 Å². The summed E-state index contributed by atoms with van der Waals surface area (Å²) in [7, 11) is -4.81. The van der Waals surface area contributed by atoms with Crippen molar-refractivity contribution in [2.45, 2.75) is 24.7 Å². The van der Waals surface area contributed by atoms with E-state index in [-0.39, 0.29) is 0 Å². The summed E-state index contributed by atoms with van der Waals surface area (Å²) >= 11 is 22.4. The van der Waals surface area contributed by atoms with Crippen LogP contribution in [0.1, 0.15) is 0 Å². The van der Waals surface area contributed by atoms with Gasteiger partial charge in [-0.05, 0) is 45.0 Å².